The van der Waals surface area contributed by atoms with E-state index in [1.54, 1.807) is 0 Å². The average Bonchev–Trinajstić information content (AvgIpc) is 3.61. The van der Waals surface area contributed by atoms with Crippen molar-refractivity contribution in [2.75, 3.05) is 6.93 Å². The summed E-state index contributed by atoms with van der Waals surface area (Å²) in [4.78, 5) is 12.5. The van der Waals surface area contributed by atoms with Crippen molar-refractivity contribution in [2.45, 2.75) is 128 Å². The predicted octanol–water partition coefficient (Wildman–Crippen LogP) is 7.34. The lowest BCUT2D eigenvalue weighted by Gasteiger charge is -2.52. The van der Waals surface area contributed by atoms with Gasteiger partial charge in [-0.25, -0.2) is 13.2 Å². The molecule has 6 rings (SSSR count). The molecule has 4 aliphatic carbocycles. The van der Waals surface area contributed by atoms with Crippen molar-refractivity contribution in [3.8, 4) is 0 Å². The fraction of sp³-hybridized carbons (Fsp3) is 0.969. The molecule has 0 amide bonds. The fourth-order valence-electron chi connectivity index (χ4n) is 10.3. The van der Waals surface area contributed by atoms with E-state index in [0.717, 1.165) is 32.1 Å². The van der Waals surface area contributed by atoms with E-state index in [-0.39, 0.29) is 48.1 Å². The highest BCUT2D eigenvalue weighted by atomic mass is 19.4. The van der Waals surface area contributed by atoms with E-state index in [0.29, 0.717) is 48.3 Å². The third-order valence-electron chi connectivity index (χ3n) is 11.7. The maximum absolute atomic E-state index is 14.2. The Labute approximate surface area is 250 Å². The molecule has 0 aromatic heterocycles. The molecule has 15 unspecified atom stereocenters. The summed E-state index contributed by atoms with van der Waals surface area (Å²) in [5.41, 5.74) is -0.486. The van der Waals surface area contributed by atoms with Crippen LogP contribution in [0.1, 0.15) is 86.0 Å². The van der Waals surface area contributed by atoms with Gasteiger partial charge in [0, 0.05) is 18.8 Å². The Morgan fingerprint density at radius 3 is 1.88 bits per heavy atom. The zero-order chi connectivity index (χ0) is 31.6. The molecule has 2 heterocycles. The van der Waals surface area contributed by atoms with Crippen LogP contribution in [0, 0.1) is 59.2 Å². The third kappa shape index (κ3) is 6.47. The van der Waals surface area contributed by atoms with Crippen LogP contribution in [0.3, 0.4) is 0 Å². The van der Waals surface area contributed by atoms with Gasteiger partial charge in [0.25, 0.3) is 0 Å². The Balaban J connectivity index is 0.00000118. The first-order valence-electron chi connectivity index (χ1n) is 16.1. The zero-order valence-electron chi connectivity index (χ0n) is 25.8. The van der Waals surface area contributed by atoms with Crippen LogP contribution in [0.5, 0.6) is 0 Å². The van der Waals surface area contributed by atoms with Crippen molar-refractivity contribution >= 4 is 5.97 Å². The van der Waals surface area contributed by atoms with E-state index in [1.807, 2.05) is 20.8 Å². The van der Waals surface area contributed by atoms with Crippen molar-refractivity contribution in [1.82, 2.24) is 0 Å². The molecule has 2 aliphatic heterocycles. The van der Waals surface area contributed by atoms with Crippen LogP contribution in [0.4, 0.5) is 26.3 Å². The largest absolute Gasteiger partial charge is 0.460 e. The lowest BCUT2D eigenvalue weighted by Crippen LogP contribution is -2.54. The fourth-order valence-corrected chi connectivity index (χ4v) is 10.3. The third-order valence-corrected chi connectivity index (χ3v) is 11.7. The summed E-state index contributed by atoms with van der Waals surface area (Å²) in [5.74, 6) is -2.24. The summed E-state index contributed by atoms with van der Waals surface area (Å²) in [6.45, 7) is 8.28. The highest BCUT2D eigenvalue weighted by molar-refractivity contribution is 5.70. The van der Waals surface area contributed by atoms with Gasteiger partial charge in [0.15, 0.2) is 0 Å². The van der Waals surface area contributed by atoms with Crippen LogP contribution < -0.4 is 0 Å². The van der Waals surface area contributed by atoms with Crippen LogP contribution in [0.2, 0.25) is 0 Å². The normalized spacial score (nSPS) is 46.4. The molecule has 4 saturated carbocycles. The van der Waals surface area contributed by atoms with Crippen molar-refractivity contribution in [1.29, 1.82) is 0 Å². The Kier molecular flexibility index (Phi) is 9.25. The number of halogens is 6. The molecule has 6 fully saturated rings. The molecule has 43 heavy (non-hydrogen) atoms. The van der Waals surface area contributed by atoms with E-state index in [1.165, 1.54) is 0 Å². The van der Waals surface area contributed by atoms with Gasteiger partial charge in [-0.2, -0.15) is 13.2 Å². The molecule has 1 N–H and O–H groups in total. The molecule has 0 aromatic carbocycles. The van der Waals surface area contributed by atoms with Crippen LogP contribution in [-0.2, 0) is 19.0 Å². The Bertz CT molecular complexity index is 1000. The molecule has 248 valence electrons. The first-order valence-corrected chi connectivity index (χ1v) is 16.1. The highest BCUT2D eigenvalue weighted by Gasteiger charge is 2.63. The number of carbonyl (C=O) groups is 1. The second-order valence-electron chi connectivity index (χ2n) is 15.5. The van der Waals surface area contributed by atoms with Crippen molar-refractivity contribution in [3.05, 3.63) is 0 Å². The number of carbonyl (C=O) groups excluding carboxylic acids is 1. The molecule has 2 saturated heterocycles. The smallest absolute Gasteiger partial charge is 0.448 e. The zero-order valence-corrected chi connectivity index (χ0v) is 25.8. The van der Waals surface area contributed by atoms with Gasteiger partial charge in [-0.1, -0.05) is 6.92 Å². The number of alkyl halides is 6. The number of hydrogen-bond acceptors (Lipinski definition) is 5. The molecule has 0 radical (unpaired) electrons. The summed E-state index contributed by atoms with van der Waals surface area (Å²) in [6.07, 6.45) is -0.406. The van der Waals surface area contributed by atoms with Gasteiger partial charge in [0.2, 0.25) is 6.93 Å². The molecule has 6 aliphatic rings. The number of ether oxygens (including phenoxy) is 3. The van der Waals surface area contributed by atoms with Crippen molar-refractivity contribution in [2.24, 2.45) is 59.2 Å². The molecule has 0 aromatic rings. The first-order chi connectivity index (χ1) is 19.9. The summed E-state index contributed by atoms with van der Waals surface area (Å²) in [5, 5.41) is 9.55. The molecule has 4 bridgehead atoms. The second kappa shape index (κ2) is 11.9. The summed E-state index contributed by atoms with van der Waals surface area (Å²) >= 11 is 0. The molecule has 11 heteroatoms. The van der Waals surface area contributed by atoms with E-state index in [4.69, 9.17) is 14.2 Å². The maximum atomic E-state index is 14.2. The second-order valence-corrected chi connectivity index (χ2v) is 15.5. The predicted molar refractivity (Wildman–Crippen MR) is 146 cm³/mol. The molecular formula is C32H48F6O5. The molecule has 15 atom stereocenters. The van der Waals surface area contributed by atoms with Gasteiger partial charge < -0.3 is 19.3 Å². The van der Waals surface area contributed by atoms with E-state index < -0.39 is 36.9 Å². The Morgan fingerprint density at radius 1 is 0.767 bits per heavy atom. The lowest BCUT2D eigenvalue weighted by molar-refractivity contribution is -0.323. The Hall–Kier alpha value is -1.07. The summed E-state index contributed by atoms with van der Waals surface area (Å²) in [7, 11) is 0. The average molecular weight is 627 g/mol. The van der Waals surface area contributed by atoms with Gasteiger partial charge >= 0.3 is 18.0 Å². The van der Waals surface area contributed by atoms with Crippen molar-refractivity contribution < 1.29 is 50.5 Å². The van der Waals surface area contributed by atoms with Crippen LogP contribution in [0.25, 0.3) is 0 Å². The highest BCUT2D eigenvalue weighted by Crippen LogP contribution is 2.62. The summed E-state index contributed by atoms with van der Waals surface area (Å²) < 4.78 is 91.9. The maximum Gasteiger partial charge on any atom is 0.448 e. The van der Waals surface area contributed by atoms with Gasteiger partial charge in [-0.15, -0.1) is 0 Å². The van der Waals surface area contributed by atoms with E-state index in [2.05, 4.69) is 13.8 Å². The number of esters is 1. The van der Waals surface area contributed by atoms with E-state index >= 15 is 0 Å². The number of aliphatic hydroxyl groups is 1. The topological polar surface area (TPSA) is 65.0 Å². The first kappa shape index (κ1) is 33.3. The standard InChI is InChI=1S/C31H46F4O5.CH2F2/c1-14-6-21-17-8-19(13-30(32,37)31(33,34)35)23(10-17)28(21)39-26(14)20-12-24-16-7-18(11-25(36)40-29(3,4)5)22(9-16)27(24)38-15(20)2;2-1-3/h14-24,26-28,37H,6-13H2,1-5H3;1H2. The quantitative estimate of drug-likeness (QED) is 0.256. The van der Waals surface area contributed by atoms with Gasteiger partial charge in [0.1, 0.15) is 5.60 Å². The monoisotopic (exact) mass is 626 g/mol. The van der Waals surface area contributed by atoms with Gasteiger partial charge in [-0.3, -0.25) is 4.79 Å². The number of fused-ring (bicyclic) bond motifs is 10. The minimum atomic E-state index is -5.28. The molecular weight excluding hydrogens is 578 g/mol. The molecule has 0 spiro atoms. The minimum Gasteiger partial charge on any atom is -0.460 e. The number of rotatable bonds is 5. The van der Waals surface area contributed by atoms with Gasteiger partial charge in [0.05, 0.1) is 24.4 Å². The van der Waals surface area contributed by atoms with Crippen LogP contribution >= 0.6 is 0 Å². The minimum absolute atomic E-state index is 0.0117. The van der Waals surface area contributed by atoms with Crippen LogP contribution in [-0.4, -0.2) is 60.1 Å². The SMILES string of the molecule is CC1CC2C3CC(CC(O)(F)C(F)(F)F)C(C3)C2OC1C1CC2C3CC(CC(=O)OC(C)(C)C)C(C3)C2OC1C.FCF. The van der Waals surface area contributed by atoms with Crippen LogP contribution in [0.15, 0.2) is 0 Å². The Morgan fingerprint density at radius 2 is 1.30 bits per heavy atom. The molecule has 5 nitrogen and oxygen atoms in total. The van der Waals surface area contributed by atoms with E-state index in [9.17, 15) is 36.2 Å². The summed E-state index contributed by atoms with van der Waals surface area (Å²) in [6, 6.07) is 0. The lowest BCUT2D eigenvalue weighted by atomic mass is 9.67. The van der Waals surface area contributed by atoms with Gasteiger partial charge in [-0.05, 0) is 119 Å². The van der Waals surface area contributed by atoms with Crippen molar-refractivity contribution in [3.63, 3.8) is 0 Å². The number of hydrogen-bond donors (Lipinski definition) is 1.